The van der Waals surface area contributed by atoms with Crippen molar-refractivity contribution in [2.75, 3.05) is 26.2 Å². The van der Waals surface area contributed by atoms with Crippen LogP contribution in [0.15, 0.2) is 0 Å². The second kappa shape index (κ2) is 8.77. The van der Waals surface area contributed by atoms with Gasteiger partial charge in [0.15, 0.2) is 0 Å². The minimum Gasteiger partial charge on any atom is -0.376 e. The van der Waals surface area contributed by atoms with E-state index >= 15 is 0 Å². The maximum absolute atomic E-state index is 12.2. The predicted octanol–water partition coefficient (Wildman–Crippen LogP) is 1.97. The summed E-state index contributed by atoms with van der Waals surface area (Å²) >= 11 is 0. The van der Waals surface area contributed by atoms with Gasteiger partial charge in [0.05, 0.1) is 6.10 Å². The molecule has 0 aliphatic carbocycles. The van der Waals surface area contributed by atoms with Crippen LogP contribution in [0, 0.1) is 0 Å². The van der Waals surface area contributed by atoms with Crippen LogP contribution in [-0.2, 0) is 9.53 Å². The highest BCUT2D eigenvalue weighted by atomic mass is 35.5. The largest absolute Gasteiger partial charge is 0.376 e. The summed E-state index contributed by atoms with van der Waals surface area (Å²) in [6.07, 6.45) is 6.67. The fourth-order valence-corrected chi connectivity index (χ4v) is 2.90. The SMILES string of the molecule is CCN(CC1CCCO1)C(=O)CCC1CCCN1.Cl. The van der Waals surface area contributed by atoms with E-state index in [-0.39, 0.29) is 18.5 Å². The van der Waals surface area contributed by atoms with Crippen molar-refractivity contribution in [2.24, 2.45) is 0 Å². The average Bonchev–Trinajstić information content (AvgIpc) is 3.06. The molecule has 112 valence electrons. The van der Waals surface area contributed by atoms with E-state index in [2.05, 4.69) is 12.2 Å². The Balaban J connectivity index is 0.00000180. The number of halogens is 1. The molecule has 0 saturated carbocycles. The minimum atomic E-state index is 0. The summed E-state index contributed by atoms with van der Waals surface area (Å²) in [6, 6.07) is 0.565. The molecule has 19 heavy (non-hydrogen) atoms. The third-order valence-electron chi connectivity index (χ3n) is 4.05. The number of hydrogen-bond acceptors (Lipinski definition) is 3. The van der Waals surface area contributed by atoms with Gasteiger partial charge in [0.25, 0.3) is 0 Å². The van der Waals surface area contributed by atoms with Gasteiger partial charge in [-0.25, -0.2) is 0 Å². The van der Waals surface area contributed by atoms with Gasteiger partial charge in [-0.15, -0.1) is 12.4 Å². The molecule has 2 rings (SSSR count). The van der Waals surface area contributed by atoms with Gasteiger partial charge < -0.3 is 15.0 Å². The highest BCUT2D eigenvalue weighted by Crippen LogP contribution is 2.15. The molecule has 2 atom stereocenters. The van der Waals surface area contributed by atoms with Crippen LogP contribution in [0.5, 0.6) is 0 Å². The summed E-state index contributed by atoms with van der Waals surface area (Å²) in [5.74, 6) is 0.293. The molecule has 2 heterocycles. The molecule has 2 saturated heterocycles. The molecular formula is C14H27ClN2O2. The Kier molecular flexibility index (Phi) is 7.73. The Morgan fingerprint density at radius 2 is 2.21 bits per heavy atom. The van der Waals surface area contributed by atoms with Gasteiger partial charge in [0.2, 0.25) is 5.91 Å². The molecule has 2 aliphatic rings. The van der Waals surface area contributed by atoms with Crippen molar-refractivity contribution in [1.82, 2.24) is 10.2 Å². The highest BCUT2D eigenvalue weighted by Gasteiger charge is 2.22. The average molecular weight is 291 g/mol. The predicted molar refractivity (Wildman–Crippen MR) is 78.7 cm³/mol. The second-order valence-electron chi connectivity index (χ2n) is 5.40. The first-order chi connectivity index (χ1) is 8.79. The van der Waals surface area contributed by atoms with E-state index in [0.717, 1.165) is 45.5 Å². The van der Waals surface area contributed by atoms with Crippen molar-refractivity contribution in [3.05, 3.63) is 0 Å². The summed E-state index contributed by atoms with van der Waals surface area (Å²) in [4.78, 5) is 14.1. The Morgan fingerprint density at radius 3 is 2.79 bits per heavy atom. The van der Waals surface area contributed by atoms with Gasteiger partial charge in [0, 0.05) is 32.2 Å². The summed E-state index contributed by atoms with van der Waals surface area (Å²) < 4.78 is 5.61. The molecule has 0 radical (unpaired) electrons. The maximum Gasteiger partial charge on any atom is 0.222 e. The number of carbonyl (C=O) groups is 1. The Morgan fingerprint density at radius 1 is 1.37 bits per heavy atom. The molecule has 2 unspecified atom stereocenters. The Labute approximate surface area is 122 Å². The minimum absolute atomic E-state index is 0. The second-order valence-corrected chi connectivity index (χ2v) is 5.40. The first-order valence-corrected chi connectivity index (χ1v) is 7.42. The lowest BCUT2D eigenvalue weighted by molar-refractivity contribution is -0.132. The van der Waals surface area contributed by atoms with Gasteiger partial charge in [-0.1, -0.05) is 0 Å². The fraction of sp³-hybridized carbons (Fsp3) is 0.929. The quantitative estimate of drug-likeness (QED) is 0.813. The standard InChI is InChI=1S/C14H26N2O2.ClH/c1-2-16(11-13-6-4-10-18-13)14(17)8-7-12-5-3-9-15-12;/h12-13,15H,2-11H2,1H3;1H. The van der Waals surface area contributed by atoms with Crippen molar-refractivity contribution >= 4 is 18.3 Å². The van der Waals surface area contributed by atoms with Crippen LogP contribution in [0.3, 0.4) is 0 Å². The number of amides is 1. The zero-order valence-electron chi connectivity index (χ0n) is 11.9. The number of likely N-dealkylation sites (N-methyl/N-ethyl adjacent to an activating group) is 1. The normalized spacial score (nSPS) is 26.2. The Hall–Kier alpha value is -0.320. The van der Waals surface area contributed by atoms with E-state index in [1.54, 1.807) is 0 Å². The molecule has 1 amide bonds. The van der Waals surface area contributed by atoms with E-state index < -0.39 is 0 Å². The number of nitrogens with zero attached hydrogens (tertiary/aromatic N) is 1. The van der Waals surface area contributed by atoms with Crippen molar-refractivity contribution in [3.8, 4) is 0 Å². The molecule has 0 aromatic rings. The number of carbonyl (C=O) groups excluding carboxylic acids is 1. The lowest BCUT2D eigenvalue weighted by Gasteiger charge is -2.24. The molecule has 0 aromatic carbocycles. The lowest BCUT2D eigenvalue weighted by atomic mass is 10.1. The van der Waals surface area contributed by atoms with Crippen LogP contribution in [0.4, 0.5) is 0 Å². The van der Waals surface area contributed by atoms with E-state index in [0.29, 0.717) is 18.4 Å². The van der Waals surface area contributed by atoms with Gasteiger partial charge in [-0.05, 0) is 45.6 Å². The number of ether oxygens (including phenoxy) is 1. The van der Waals surface area contributed by atoms with E-state index in [9.17, 15) is 4.79 Å². The number of rotatable bonds is 6. The maximum atomic E-state index is 12.2. The van der Waals surface area contributed by atoms with Crippen LogP contribution < -0.4 is 5.32 Å². The summed E-state index contributed by atoms with van der Waals surface area (Å²) in [6.45, 7) is 5.62. The Bertz CT molecular complexity index is 264. The molecule has 2 aliphatic heterocycles. The molecule has 5 heteroatoms. The van der Waals surface area contributed by atoms with E-state index in [1.165, 1.54) is 12.8 Å². The van der Waals surface area contributed by atoms with Gasteiger partial charge in [-0.3, -0.25) is 4.79 Å². The van der Waals surface area contributed by atoms with Gasteiger partial charge >= 0.3 is 0 Å². The van der Waals surface area contributed by atoms with Crippen LogP contribution in [0.2, 0.25) is 0 Å². The lowest BCUT2D eigenvalue weighted by Crippen LogP contribution is -2.37. The first-order valence-electron chi connectivity index (χ1n) is 7.42. The van der Waals surface area contributed by atoms with Crippen molar-refractivity contribution in [3.63, 3.8) is 0 Å². The van der Waals surface area contributed by atoms with E-state index in [4.69, 9.17) is 4.74 Å². The zero-order valence-corrected chi connectivity index (χ0v) is 12.7. The topological polar surface area (TPSA) is 41.6 Å². The summed E-state index contributed by atoms with van der Waals surface area (Å²) in [5.41, 5.74) is 0. The zero-order chi connectivity index (χ0) is 12.8. The highest BCUT2D eigenvalue weighted by molar-refractivity contribution is 5.85. The summed E-state index contributed by atoms with van der Waals surface area (Å²) in [5, 5.41) is 3.45. The molecule has 4 nitrogen and oxygen atoms in total. The molecule has 0 aromatic heterocycles. The monoisotopic (exact) mass is 290 g/mol. The molecule has 1 N–H and O–H groups in total. The van der Waals surface area contributed by atoms with Gasteiger partial charge in [-0.2, -0.15) is 0 Å². The first kappa shape index (κ1) is 16.7. The molecule has 2 fully saturated rings. The van der Waals surface area contributed by atoms with Gasteiger partial charge in [0.1, 0.15) is 0 Å². The van der Waals surface area contributed by atoms with Crippen molar-refractivity contribution in [2.45, 2.75) is 57.6 Å². The van der Waals surface area contributed by atoms with Crippen LogP contribution >= 0.6 is 12.4 Å². The van der Waals surface area contributed by atoms with Crippen molar-refractivity contribution < 1.29 is 9.53 Å². The van der Waals surface area contributed by atoms with Crippen LogP contribution in [-0.4, -0.2) is 49.2 Å². The number of nitrogens with one attached hydrogen (secondary N) is 1. The van der Waals surface area contributed by atoms with Crippen LogP contribution in [0.1, 0.15) is 45.4 Å². The van der Waals surface area contributed by atoms with E-state index in [1.807, 2.05) is 4.90 Å². The molecule has 0 bridgehead atoms. The summed E-state index contributed by atoms with van der Waals surface area (Å²) in [7, 11) is 0. The fourth-order valence-electron chi connectivity index (χ4n) is 2.90. The third kappa shape index (κ3) is 5.28. The third-order valence-corrected chi connectivity index (χ3v) is 4.05. The molecular weight excluding hydrogens is 264 g/mol. The van der Waals surface area contributed by atoms with Crippen molar-refractivity contribution in [1.29, 1.82) is 0 Å². The molecule has 0 spiro atoms. The number of hydrogen-bond donors (Lipinski definition) is 1. The smallest absolute Gasteiger partial charge is 0.222 e. The van der Waals surface area contributed by atoms with Crippen LogP contribution in [0.25, 0.3) is 0 Å².